The molecule has 0 spiro atoms. The third-order valence-corrected chi connectivity index (χ3v) is 5.64. The van der Waals surface area contributed by atoms with Crippen LogP contribution in [0.25, 0.3) is 0 Å². The first-order valence-electron chi connectivity index (χ1n) is 8.08. The van der Waals surface area contributed by atoms with Crippen LogP contribution in [0.3, 0.4) is 0 Å². The van der Waals surface area contributed by atoms with Gasteiger partial charge >= 0.3 is 0 Å². The van der Waals surface area contributed by atoms with Gasteiger partial charge in [0.15, 0.2) is 0 Å². The standard InChI is InChI=1S/C17H20N4/c18-11-6-8-14-19-20-17(21(14)9-11)16-13-7-5-10-3-1-2-4-12(10)15(13)16/h1-4,11,13,15-16H,5-9,18H2. The van der Waals surface area contributed by atoms with Gasteiger partial charge in [0.05, 0.1) is 0 Å². The van der Waals surface area contributed by atoms with Gasteiger partial charge in [-0.15, -0.1) is 10.2 Å². The highest BCUT2D eigenvalue weighted by Gasteiger charge is 2.56. The van der Waals surface area contributed by atoms with Crippen LogP contribution in [0, 0.1) is 5.92 Å². The van der Waals surface area contributed by atoms with Crippen LogP contribution in [0.1, 0.15) is 47.5 Å². The van der Waals surface area contributed by atoms with Crippen molar-refractivity contribution in [2.24, 2.45) is 11.7 Å². The monoisotopic (exact) mass is 280 g/mol. The lowest BCUT2D eigenvalue weighted by Gasteiger charge is -2.20. The number of aromatic nitrogens is 3. The van der Waals surface area contributed by atoms with Gasteiger partial charge in [0.25, 0.3) is 0 Å². The molecule has 1 aromatic heterocycles. The van der Waals surface area contributed by atoms with Crippen LogP contribution in [0.2, 0.25) is 0 Å². The predicted octanol–water partition coefficient (Wildman–Crippen LogP) is 1.99. The summed E-state index contributed by atoms with van der Waals surface area (Å²) in [6.07, 6.45) is 4.53. The zero-order valence-corrected chi connectivity index (χ0v) is 12.1. The first kappa shape index (κ1) is 11.9. The molecule has 1 aromatic carbocycles. The summed E-state index contributed by atoms with van der Waals surface area (Å²) in [7, 11) is 0. The lowest BCUT2D eigenvalue weighted by Crippen LogP contribution is -2.32. The van der Waals surface area contributed by atoms with Gasteiger partial charge in [0, 0.05) is 24.9 Å². The van der Waals surface area contributed by atoms with Crippen LogP contribution in [-0.4, -0.2) is 20.8 Å². The van der Waals surface area contributed by atoms with Crippen LogP contribution >= 0.6 is 0 Å². The van der Waals surface area contributed by atoms with E-state index in [9.17, 15) is 0 Å². The van der Waals surface area contributed by atoms with Gasteiger partial charge < -0.3 is 10.3 Å². The molecule has 1 fully saturated rings. The Morgan fingerprint density at radius 1 is 1.05 bits per heavy atom. The predicted molar refractivity (Wildman–Crippen MR) is 80.1 cm³/mol. The van der Waals surface area contributed by atoms with Crippen LogP contribution in [0.15, 0.2) is 24.3 Å². The molecule has 2 aromatic rings. The maximum atomic E-state index is 6.15. The molecule has 4 unspecified atom stereocenters. The van der Waals surface area contributed by atoms with Gasteiger partial charge in [-0.2, -0.15) is 0 Å². The van der Waals surface area contributed by atoms with E-state index in [1.165, 1.54) is 24.2 Å². The summed E-state index contributed by atoms with van der Waals surface area (Å²) >= 11 is 0. The third-order valence-electron chi connectivity index (χ3n) is 5.64. The lowest BCUT2D eigenvalue weighted by molar-refractivity contribution is 0.441. The van der Waals surface area contributed by atoms with Gasteiger partial charge in [-0.3, -0.25) is 0 Å². The number of hydrogen-bond donors (Lipinski definition) is 1. The highest BCUT2D eigenvalue weighted by Crippen LogP contribution is 2.64. The summed E-state index contributed by atoms with van der Waals surface area (Å²) < 4.78 is 2.32. The quantitative estimate of drug-likeness (QED) is 0.869. The number of nitrogens with two attached hydrogens (primary N) is 1. The summed E-state index contributed by atoms with van der Waals surface area (Å²) in [4.78, 5) is 0. The molecule has 1 saturated carbocycles. The Labute approximate surface area is 124 Å². The SMILES string of the molecule is NC1CCc2nnc(C3C4CCc5ccccc5C43)n2C1. The molecule has 0 saturated heterocycles. The van der Waals surface area contributed by atoms with E-state index in [2.05, 4.69) is 39.0 Å². The van der Waals surface area contributed by atoms with E-state index in [-0.39, 0.29) is 6.04 Å². The van der Waals surface area contributed by atoms with E-state index in [0.717, 1.165) is 31.1 Å². The Balaban J connectivity index is 1.53. The molecule has 21 heavy (non-hydrogen) atoms. The van der Waals surface area contributed by atoms with Crippen LogP contribution in [-0.2, 0) is 19.4 Å². The van der Waals surface area contributed by atoms with Crippen molar-refractivity contribution in [3.63, 3.8) is 0 Å². The Hall–Kier alpha value is -1.68. The fourth-order valence-corrected chi connectivity index (χ4v) is 4.54. The molecule has 2 N–H and O–H groups in total. The molecule has 1 aliphatic heterocycles. The molecule has 108 valence electrons. The Bertz CT molecular complexity index is 705. The Morgan fingerprint density at radius 2 is 1.95 bits per heavy atom. The minimum absolute atomic E-state index is 0.264. The smallest absolute Gasteiger partial charge is 0.137 e. The van der Waals surface area contributed by atoms with E-state index >= 15 is 0 Å². The molecule has 0 radical (unpaired) electrons. The van der Waals surface area contributed by atoms with Gasteiger partial charge in [-0.25, -0.2) is 0 Å². The molecule has 2 heterocycles. The maximum Gasteiger partial charge on any atom is 0.137 e. The lowest BCUT2D eigenvalue weighted by atomic mass is 9.92. The van der Waals surface area contributed by atoms with Gasteiger partial charge in [0.2, 0.25) is 0 Å². The van der Waals surface area contributed by atoms with Crippen LogP contribution in [0.4, 0.5) is 0 Å². The van der Waals surface area contributed by atoms with Gasteiger partial charge in [-0.05, 0) is 42.2 Å². The minimum Gasteiger partial charge on any atom is -0.326 e. The second-order valence-corrected chi connectivity index (χ2v) is 6.84. The molecule has 4 heteroatoms. The van der Waals surface area contributed by atoms with Crippen molar-refractivity contribution < 1.29 is 0 Å². The van der Waals surface area contributed by atoms with E-state index in [1.807, 2.05) is 0 Å². The van der Waals surface area contributed by atoms with Crippen molar-refractivity contribution in [3.05, 3.63) is 47.0 Å². The van der Waals surface area contributed by atoms with Crippen LogP contribution < -0.4 is 5.73 Å². The normalized spacial score (nSPS) is 33.0. The Morgan fingerprint density at radius 3 is 2.90 bits per heavy atom. The fourth-order valence-electron chi connectivity index (χ4n) is 4.54. The Kier molecular flexibility index (Phi) is 2.37. The summed E-state index contributed by atoms with van der Waals surface area (Å²) in [6.45, 7) is 0.898. The van der Waals surface area contributed by atoms with Crippen molar-refractivity contribution in [3.8, 4) is 0 Å². The van der Waals surface area contributed by atoms with Gasteiger partial charge in [0.1, 0.15) is 11.6 Å². The van der Waals surface area contributed by atoms with Crippen molar-refractivity contribution in [1.82, 2.24) is 14.8 Å². The topological polar surface area (TPSA) is 56.7 Å². The molecule has 3 aliphatic rings. The number of nitrogens with zero attached hydrogens (tertiary/aromatic N) is 3. The highest BCUT2D eigenvalue weighted by molar-refractivity contribution is 5.43. The van der Waals surface area contributed by atoms with E-state index < -0.39 is 0 Å². The number of fused-ring (bicyclic) bond motifs is 4. The van der Waals surface area contributed by atoms with E-state index in [1.54, 1.807) is 5.56 Å². The molecule has 0 amide bonds. The molecular formula is C17H20N4. The first-order chi connectivity index (χ1) is 10.3. The number of benzene rings is 1. The van der Waals surface area contributed by atoms with Crippen molar-refractivity contribution in [1.29, 1.82) is 0 Å². The molecule has 5 rings (SSSR count). The summed E-state index contributed by atoms with van der Waals surface area (Å²) in [5, 5.41) is 8.97. The van der Waals surface area contributed by atoms with Crippen molar-refractivity contribution in [2.45, 2.75) is 50.1 Å². The van der Waals surface area contributed by atoms with Crippen molar-refractivity contribution >= 4 is 0 Å². The van der Waals surface area contributed by atoms with E-state index in [0.29, 0.717) is 11.8 Å². The van der Waals surface area contributed by atoms with E-state index in [4.69, 9.17) is 5.73 Å². The van der Waals surface area contributed by atoms with Gasteiger partial charge in [-0.1, -0.05) is 24.3 Å². The zero-order valence-electron chi connectivity index (χ0n) is 12.1. The molecule has 0 bridgehead atoms. The number of aryl methyl sites for hydroxylation is 2. The summed E-state index contributed by atoms with van der Waals surface area (Å²) in [5.41, 5.74) is 9.24. The second-order valence-electron chi connectivity index (χ2n) is 6.84. The molecular weight excluding hydrogens is 260 g/mol. The average Bonchev–Trinajstić information content (AvgIpc) is 3.11. The summed E-state index contributed by atoms with van der Waals surface area (Å²) in [6, 6.07) is 9.20. The molecule has 4 nitrogen and oxygen atoms in total. The van der Waals surface area contributed by atoms with Crippen LogP contribution in [0.5, 0.6) is 0 Å². The number of rotatable bonds is 1. The largest absolute Gasteiger partial charge is 0.326 e. The number of hydrogen-bond acceptors (Lipinski definition) is 3. The second kappa shape index (κ2) is 4.17. The average molecular weight is 280 g/mol. The maximum absolute atomic E-state index is 6.15. The first-order valence-corrected chi connectivity index (χ1v) is 8.08. The van der Waals surface area contributed by atoms with Crippen molar-refractivity contribution in [2.75, 3.05) is 0 Å². The molecule has 2 aliphatic carbocycles. The third kappa shape index (κ3) is 1.65. The molecule has 4 atom stereocenters. The highest BCUT2D eigenvalue weighted by atomic mass is 15.3. The zero-order chi connectivity index (χ0) is 14.0. The summed E-state index contributed by atoms with van der Waals surface area (Å²) in [5.74, 6) is 4.35. The minimum atomic E-state index is 0.264. The fraction of sp³-hybridized carbons (Fsp3) is 0.529.